The van der Waals surface area contributed by atoms with E-state index in [9.17, 15) is 19.4 Å². The monoisotopic (exact) mass is 979 g/mol. The maximum atomic E-state index is 13.0. The van der Waals surface area contributed by atoms with Gasteiger partial charge < -0.3 is 28.8 Å². The lowest BCUT2D eigenvalue weighted by atomic mass is 10.0. The minimum Gasteiger partial charge on any atom is -0.756 e. The van der Waals surface area contributed by atoms with E-state index in [2.05, 4.69) is 43.5 Å². The summed E-state index contributed by atoms with van der Waals surface area (Å²) >= 11 is 0. The van der Waals surface area contributed by atoms with E-state index in [1.54, 1.807) is 6.08 Å². The van der Waals surface area contributed by atoms with Gasteiger partial charge in [-0.2, -0.15) is 0 Å². The smallest absolute Gasteiger partial charge is 0.268 e. The first kappa shape index (κ1) is 66.7. The second kappa shape index (κ2) is 50.7. The summed E-state index contributed by atoms with van der Waals surface area (Å²) in [4.78, 5) is 25.5. The number of carbonyl (C=O) groups is 1. The Labute approximate surface area is 423 Å². The van der Waals surface area contributed by atoms with Crippen LogP contribution in [0.1, 0.15) is 284 Å². The third-order valence-corrected chi connectivity index (χ3v) is 14.3. The Morgan fingerprint density at radius 2 is 0.897 bits per heavy atom. The molecule has 0 saturated heterocycles. The summed E-state index contributed by atoms with van der Waals surface area (Å²) in [6.45, 7) is 4.59. The minimum atomic E-state index is -4.60. The number of aliphatic hydroxyl groups is 1. The third-order valence-electron chi connectivity index (χ3n) is 13.4. The molecule has 0 aromatic rings. The van der Waals surface area contributed by atoms with Gasteiger partial charge in [-0.15, -0.1) is 0 Å². The largest absolute Gasteiger partial charge is 0.756 e. The van der Waals surface area contributed by atoms with Gasteiger partial charge in [-0.1, -0.05) is 269 Å². The van der Waals surface area contributed by atoms with Gasteiger partial charge in [0.15, 0.2) is 0 Å². The molecular formula is C59H115N2O6P. The number of rotatable bonds is 54. The van der Waals surface area contributed by atoms with E-state index in [1.165, 1.54) is 212 Å². The molecule has 3 unspecified atom stereocenters. The molecule has 0 aromatic heterocycles. The molecule has 0 saturated carbocycles. The zero-order chi connectivity index (χ0) is 49.9. The molecule has 0 heterocycles. The SMILES string of the molecule is CC/C=C\C/C=C\CCCCCCCCCCCCCCCCC(=O)NC(COP(=O)([O-])OCC[N+](C)(C)C)C(O)/C=C/CCCCCCCCCCCCCCCCCCCCCCCCC. The highest BCUT2D eigenvalue weighted by Gasteiger charge is 2.23. The summed E-state index contributed by atoms with van der Waals surface area (Å²) < 4.78 is 23.4. The van der Waals surface area contributed by atoms with E-state index in [-0.39, 0.29) is 19.1 Å². The summed E-state index contributed by atoms with van der Waals surface area (Å²) in [5.74, 6) is -0.195. The van der Waals surface area contributed by atoms with Crippen molar-refractivity contribution in [2.24, 2.45) is 0 Å². The fourth-order valence-electron chi connectivity index (χ4n) is 8.78. The van der Waals surface area contributed by atoms with Crippen molar-refractivity contribution >= 4 is 13.7 Å². The fourth-order valence-corrected chi connectivity index (χ4v) is 9.50. The average Bonchev–Trinajstić information content (AvgIpc) is 3.30. The van der Waals surface area contributed by atoms with Crippen LogP contribution in [-0.4, -0.2) is 68.5 Å². The molecular weight excluding hydrogens is 864 g/mol. The van der Waals surface area contributed by atoms with Gasteiger partial charge in [0.1, 0.15) is 13.2 Å². The van der Waals surface area contributed by atoms with Gasteiger partial charge in [-0.25, -0.2) is 0 Å². The standard InChI is InChI=1S/C59H115N2O6P/c1-6-8-10-12-14-16-18-20-22-24-26-28-29-30-31-33-34-36-38-40-42-44-46-48-50-52-58(62)57(56-67-68(64,65)66-55-54-61(3,4)5)60-59(63)53-51-49-47-45-43-41-39-37-35-32-27-25-23-21-19-17-15-13-11-9-7-2/h9,11,15,17,50,52,57-58,62H,6-8,10,12-14,16,18-49,51,53-56H2,1-5H3,(H-,60,63,64,65)/b11-9-,17-15-,52-50+. The van der Waals surface area contributed by atoms with Crippen LogP contribution in [0.25, 0.3) is 0 Å². The molecule has 8 nitrogen and oxygen atoms in total. The lowest BCUT2D eigenvalue weighted by Gasteiger charge is -2.29. The Kier molecular flexibility index (Phi) is 49.7. The minimum absolute atomic E-state index is 0.00000533. The Morgan fingerprint density at radius 3 is 1.29 bits per heavy atom. The van der Waals surface area contributed by atoms with Crippen molar-refractivity contribution in [1.82, 2.24) is 5.32 Å². The van der Waals surface area contributed by atoms with Crippen molar-refractivity contribution in [1.29, 1.82) is 0 Å². The van der Waals surface area contributed by atoms with E-state index < -0.39 is 20.0 Å². The lowest BCUT2D eigenvalue weighted by molar-refractivity contribution is -0.870. The molecule has 402 valence electrons. The number of amides is 1. The molecule has 0 rings (SSSR count). The quantitative estimate of drug-likeness (QED) is 0.0272. The molecule has 0 radical (unpaired) electrons. The number of carbonyl (C=O) groups excluding carboxylic acids is 1. The maximum Gasteiger partial charge on any atom is 0.268 e. The number of phosphoric ester groups is 1. The van der Waals surface area contributed by atoms with Crippen LogP contribution in [0, 0.1) is 0 Å². The molecule has 9 heteroatoms. The van der Waals surface area contributed by atoms with E-state index in [1.807, 2.05) is 27.2 Å². The number of quaternary nitrogens is 1. The number of likely N-dealkylation sites (N-methyl/N-ethyl adjacent to an activating group) is 1. The zero-order valence-corrected chi connectivity index (χ0v) is 46.7. The van der Waals surface area contributed by atoms with Crippen LogP contribution in [0.15, 0.2) is 36.5 Å². The van der Waals surface area contributed by atoms with Gasteiger partial charge in [0.2, 0.25) is 5.91 Å². The molecule has 0 bridgehead atoms. The second-order valence-corrected chi connectivity index (χ2v) is 22.7. The van der Waals surface area contributed by atoms with Crippen LogP contribution in [0.4, 0.5) is 0 Å². The third kappa shape index (κ3) is 52.5. The van der Waals surface area contributed by atoms with Crippen LogP contribution in [0.2, 0.25) is 0 Å². The van der Waals surface area contributed by atoms with Crippen molar-refractivity contribution in [2.75, 3.05) is 40.9 Å². The number of aliphatic hydroxyl groups excluding tert-OH is 1. The van der Waals surface area contributed by atoms with Crippen LogP contribution in [-0.2, 0) is 18.4 Å². The molecule has 2 N–H and O–H groups in total. The number of allylic oxidation sites excluding steroid dienone is 5. The Morgan fingerprint density at radius 1 is 0.529 bits per heavy atom. The molecule has 0 aliphatic carbocycles. The van der Waals surface area contributed by atoms with Gasteiger partial charge in [0, 0.05) is 6.42 Å². The highest BCUT2D eigenvalue weighted by Crippen LogP contribution is 2.38. The molecule has 0 aromatic carbocycles. The first-order chi connectivity index (χ1) is 33.0. The number of hydrogen-bond donors (Lipinski definition) is 2. The predicted molar refractivity (Wildman–Crippen MR) is 293 cm³/mol. The Balaban J connectivity index is 4.18. The summed E-state index contributed by atoms with van der Waals surface area (Å²) in [6, 6.07) is -0.886. The van der Waals surface area contributed by atoms with E-state index >= 15 is 0 Å². The number of hydrogen-bond acceptors (Lipinski definition) is 6. The Bertz CT molecular complexity index is 1200. The highest BCUT2D eigenvalue weighted by molar-refractivity contribution is 7.45. The number of phosphoric acid groups is 1. The Hall–Kier alpha value is -1.28. The predicted octanol–water partition coefficient (Wildman–Crippen LogP) is 17.1. The second-order valence-electron chi connectivity index (χ2n) is 21.3. The topological polar surface area (TPSA) is 108 Å². The molecule has 0 aliphatic rings. The van der Waals surface area contributed by atoms with Crippen molar-refractivity contribution in [2.45, 2.75) is 296 Å². The van der Waals surface area contributed by atoms with Crippen molar-refractivity contribution in [3.63, 3.8) is 0 Å². The maximum absolute atomic E-state index is 13.0. The number of nitrogens with zero attached hydrogens (tertiary/aromatic N) is 1. The van der Waals surface area contributed by atoms with Gasteiger partial charge in [0.25, 0.3) is 7.82 Å². The first-order valence-corrected chi connectivity index (χ1v) is 30.8. The summed E-state index contributed by atoms with van der Waals surface area (Å²) in [5.41, 5.74) is 0. The van der Waals surface area contributed by atoms with E-state index in [0.717, 1.165) is 51.4 Å². The molecule has 0 aliphatic heterocycles. The van der Waals surface area contributed by atoms with Crippen LogP contribution in [0.3, 0.4) is 0 Å². The van der Waals surface area contributed by atoms with Crippen molar-refractivity contribution in [3.05, 3.63) is 36.5 Å². The molecule has 68 heavy (non-hydrogen) atoms. The molecule has 3 atom stereocenters. The van der Waals surface area contributed by atoms with Crippen LogP contribution < -0.4 is 10.2 Å². The van der Waals surface area contributed by atoms with Gasteiger partial charge in [-0.05, 0) is 44.9 Å². The summed E-state index contributed by atoms with van der Waals surface area (Å²) in [5, 5.41) is 13.9. The average molecular weight is 980 g/mol. The van der Waals surface area contributed by atoms with Crippen molar-refractivity contribution < 1.29 is 32.9 Å². The molecule has 1 amide bonds. The number of nitrogens with one attached hydrogen (secondary N) is 1. The summed E-state index contributed by atoms with van der Waals surface area (Å²) in [6.07, 6.45) is 65.1. The van der Waals surface area contributed by atoms with E-state index in [0.29, 0.717) is 17.4 Å². The molecule has 0 spiro atoms. The summed E-state index contributed by atoms with van der Waals surface area (Å²) in [7, 11) is 1.27. The lowest BCUT2D eigenvalue weighted by Crippen LogP contribution is -2.45. The van der Waals surface area contributed by atoms with Gasteiger partial charge in [-0.3, -0.25) is 9.36 Å². The van der Waals surface area contributed by atoms with Crippen LogP contribution in [0.5, 0.6) is 0 Å². The van der Waals surface area contributed by atoms with Gasteiger partial charge >= 0.3 is 0 Å². The fraction of sp³-hybridized carbons (Fsp3) is 0.881. The van der Waals surface area contributed by atoms with E-state index in [4.69, 9.17) is 9.05 Å². The number of unbranched alkanes of at least 4 members (excludes halogenated alkanes) is 37. The van der Waals surface area contributed by atoms with Gasteiger partial charge in [0.05, 0.1) is 39.9 Å². The first-order valence-electron chi connectivity index (χ1n) is 29.4. The zero-order valence-electron chi connectivity index (χ0n) is 45.8. The normalized spacial score (nSPS) is 14.2. The highest BCUT2D eigenvalue weighted by atomic mass is 31.2. The van der Waals surface area contributed by atoms with Crippen LogP contribution >= 0.6 is 7.82 Å². The van der Waals surface area contributed by atoms with Crippen molar-refractivity contribution in [3.8, 4) is 0 Å². The molecule has 0 fully saturated rings.